The molecule has 1 aliphatic rings. The normalized spacial score (nSPS) is 25.8. The summed E-state index contributed by atoms with van der Waals surface area (Å²) in [5, 5.41) is 0. The molecule has 86 valence electrons. The lowest BCUT2D eigenvalue weighted by atomic mass is 9.62. The summed E-state index contributed by atoms with van der Waals surface area (Å²) in [6, 6.07) is 0. The number of carbonyl (C=O) groups is 1. The van der Waals surface area contributed by atoms with Crippen LogP contribution in [0, 0.1) is 11.3 Å². The van der Waals surface area contributed by atoms with E-state index in [2.05, 4.69) is 6.58 Å². The van der Waals surface area contributed by atoms with Crippen molar-refractivity contribution in [1.82, 2.24) is 0 Å². The molecule has 1 saturated carbocycles. The Morgan fingerprint density at radius 1 is 1.60 bits per heavy atom. The molecule has 3 heteroatoms. The minimum atomic E-state index is -0.227. The van der Waals surface area contributed by atoms with Gasteiger partial charge < -0.3 is 9.47 Å². The molecule has 0 heterocycles. The Morgan fingerprint density at radius 2 is 2.27 bits per heavy atom. The number of Topliss-reactive ketones (excluding diaryl/α,β-unsaturated/α-hetero) is 1. The first-order valence-electron chi connectivity index (χ1n) is 5.36. The second kappa shape index (κ2) is 4.90. The van der Waals surface area contributed by atoms with Crippen molar-refractivity contribution in [2.24, 2.45) is 11.3 Å². The molecule has 15 heavy (non-hydrogen) atoms. The Kier molecular flexibility index (Phi) is 4.05. The zero-order valence-electron chi connectivity index (χ0n) is 9.79. The lowest BCUT2D eigenvalue weighted by Gasteiger charge is -2.42. The smallest absolute Gasteiger partial charge is 0.155 e. The molecule has 0 spiro atoms. The van der Waals surface area contributed by atoms with E-state index in [4.69, 9.17) is 9.47 Å². The van der Waals surface area contributed by atoms with Gasteiger partial charge in [-0.15, -0.1) is 6.58 Å². The van der Waals surface area contributed by atoms with Crippen molar-refractivity contribution in [3.05, 3.63) is 12.7 Å². The zero-order valence-corrected chi connectivity index (χ0v) is 9.79. The molecule has 0 radical (unpaired) electrons. The number of ketones is 1. The van der Waals surface area contributed by atoms with Crippen molar-refractivity contribution < 1.29 is 14.3 Å². The third-order valence-corrected chi connectivity index (χ3v) is 3.15. The predicted octanol–water partition coefficient (Wildman–Crippen LogP) is 2.17. The predicted molar refractivity (Wildman–Crippen MR) is 58.5 cm³/mol. The van der Waals surface area contributed by atoms with Crippen molar-refractivity contribution in [2.45, 2.75) is 33.5 Å². The lowest BCUT2D eigenvalue weighted by Crippen LogP contribution is -2.48. The van der Waals surface area contributed by atoms with E-state index in [1.807, 2.05) is 20.8 Å². The maximum absolute atomic E-state index is 11.3. The quantitative estimate of drug-likeness (QED) is 0.500. The van der Waals surface area contributed by atoms with E-state index < -0.39 is 0 Å². The molecular formula is C12H20O3. The monoisotopic (exact) mass is 212 g/mol. The molecule has 1 rings (SSSR count). The van der Waals surface area contributed by atoms with Gasteiger partial charge in [0, 0.05) is 17.8 Å². The summed E-state index contributed by atoms with van der Waals surface area (Å²) in [4.78, 5) is 11.3. The van der Waals surface area contributed by atoms with Crippen LogP contribution < -0.4 is 0 Å². The van der Waals surface area contributed by atoms with Gasteiger partial charge in [-0.3, -0.25) is 4.79 Å². The van der Waals surface area contributed by atoms with E-state index in [-0.39, 0.29) is 11.7 Å². The summed E-state index contributed by atoms with van der Waals surface area (Å²) in [5.74, 6) is 0.663. The molecule has 0 bridgehead atoms. The summed E-state index contributed by atoms with van der Waals surface area (Å²) in [6.07, 6.45) is 2.10. The van der Waals surface area contributed by atoms with Crippen LogP contribution in [0.1, 0.15) is 27.2 Å². The third-order valence-electron chi connectivity index (χ3n) is 3.15. The van der Waals surface area contributed by atoms with Gasteiger partial charge in [0.05, 0.1) is 13.2 Å². The minimum absolute atomic E-state index is 0.210. The molecule has 0 aromatic rings. The molecule has 3 nitrogen and oxygen atoms in total. The first-order chi connectivity index (χ1) is 6.98. The SMILES string of the molecule is C=CCOC(C)OCC1CC(=O)C1(C)C. The van der Waals surface area contributed by atoms with Crippen LogP contribution in [0.3, 0.4) is 0 Å². The molecule has 0 N–H and O–H groups in total. The first kappa shape index (κ1) is 12.4. The number of carbonyl (C=O) groups excluding carboxylic acids is 1. The fourth-order valence-corrected chi connectivity index (χ4v) is 1.61. The number of hydrogen-bond acceptors (Lipinski definition) is 3. The van der Waals surface area contributed by atoms with Crippen LogP contribution in [0.4, 0.5) is 0 Å². The largest absolute Gasteiger partial charge is 0.353 e. The average Bonchev–Trinajstić information content (AvgIpc) is 2.20. The Bertz CT molecular complexity index is 245. The number of rotatable bonds is 6. The van der Waals surface area contributed by atoms with E-state index in [0.29, 0.717) is 31.3 Å². The van der Waals surface area contributed by atoms with E-state index in [9.17, 15) is 4.79 Å². The Hall–Kier alpha value is -0.670. The molecule has 0 aromatic carbocycles. The van der Waals surface area contributed by atoms with E-state index in [1.54, 1.807) is 6.08 Å². The molecule has 0 amide bonds. The molecule has 0 saturated heterocycles. The van der Waals surface area contributed by atoms with Crippen LogP contribution >= 0.6 is 0 Å². The van der Waals surface area contributed by atoms with Crippen LogP contribution in [0.25, 0.3) is 0 Å². The maximum Gasteiger partial charge on any atom is 0.155 e. The maximum atomic E-state index is 11.3. The van der Waals surface area contributed by atoms with Crippen molar-refractivity contribution >= 4 is 5.78 Å². The van der Waals surface area contributed by atoms with Crippen molar-refractivity contribution in [3.63, 3.8) is 0 Å². The molecule has 2 atom stereocenters. The summed E-state index contributed by atoms with van der Waals surface area (Å²) < 4.78 is 10.8. The van der Waals surface area contributed by atoms with Gasteiger partial charge in [0.25, 0.3) is 0 Å². The highest BCUT2D eigenvalue weighted by Gasteiger charge is 2.47. The van der Waals surface area contributed by atoms with Crippen LogP contribution in [-0.4, -0.2) is 25.3 Å². The van der Waals surface area contributed by atoms with Crippen molar-refractivity contribution in [1.29, 1.82) is 0 Å². The lowest BCUT2D eigenvalue weighted by molar-refractivity contribution is -0.165. The molecule has 0 aromatic heterocycles. The van der Waals surface area contributed by atoms with Crippen LogP contribution in [0.5, 0.6) is 0 Å². The Balaban J connectivity index is 2.21. The second-order valence-corrected chi connectivity index (χ2v) is 4.57. The molecule has 2 unspecified atom stereocenters. The summed E-state index contributed by atoms with van der Waals surface area (Å²) in [5.41, 5.74) is -0.210. The van der Waals surface area contributed by atoms with Crippen LogP contribution in [0.15, 0.2) is 12.7 Å². The second-order valence-electron chi connectivity index (χ2n) is 4.57. The summed E-state index contributed by atoms with van der Waals surface area (Å²) >= 11 is 0. The first-order valence-corrected chi connectivity index (χ1v) is 5.36. The average molecular weight is 212 g/mol. The van der Waals surface area contributed by atoms with Gasteiger partial charge in [0.2, 0.25) is 0 Å². The molecular weight excluding hydrogens is 192 g/mol. The van der Waals surface area contributed by atoms with Gasteiger partial charge in [-0.05, 0) is 6.92 Å². The third kappa shape index (κ3) is 2.89. The summed E-state index contributed by atoms with van der Waals surface area (Å²) in [7, 11) is 0. The van der Waals surface area contributed by atoms with Gasteiger partial charge in [-0.2, -0.15) is 0 Å². The standard InChI is InChI=1S/C12H20O3/c1-5-6-14-9(2)15-8-10-7-11(13)12(10,3)4/h5,9-10H,1,6-8H2,2-4H3. The number of hydrogen-bond donors (Lipinski definition) is 0. The minimum Gasteiger partial charge on any atom is -0.353 e. The molecule has 1 aliphatic carbocycles. The van der Waals surface area contributed by atoms with Crippen molar-refractivity contribution in [3.8, 4) is 0 Å². The fraction of sp³-hybridized carbons (Fsp3) is 0.750. The van der Waals surface area contributed by atoms with Crippen molar-refractivity contribution in [2.75, 3.05) is 13.2 Å². The highest BCUT2D eigenvalue weighted by atomic mass is 16.7. The molecule has 0 aliphatic heterocycles. The highest BCUT2D eigenvalue weighted by Crippen LogP contribution is 2.42. The number of ether oxygens (including phenoxy) is 2. The van der Waals surface area contributed by atoms with Gasteiger partial charge in [0.1, 0.15) is 5.78 Å². The van der Waals surface area contributed by atoms with Crippen LogP contribution in [-0.2, 0) is 14.3 Å². The Morgan fingerprint density at radius 3 is 2.73 bits per heavy atom. The van der Waals surface area contributed by atoms with E-state index >= 15 is 0 Å². The van der Waals surface area contributed by atoms with E-state index in [0.717, 1.165) is 0 Å². The van der Waals surface area contributed by atoms with Gasteiger partial charge in [0.15, 0.2) is 6.29 Å². The van der Waals surface area contributed by atoms with E-state index in [1.165, 1.54) is 0 Å². The van der Waals surface area contributed by atoms with Gasteiger partial charge >= 0.3 is 0 Å². The summed E-state index contributed by atoms with van der Waals surface area (Å²) in [6.45, 7) is 10.5. The zero-order chi connectivity index (χ0) is 11.5. The topological polar surface area (TPSA) is 35.5 Å². The Labute approximate surface area is 91.4 Å². The van der Waals surface area contributed by atoms with Crippen LogP contribution in [0.2, 0.25) is 0 Å². The van der Waals surface area contributed by atoms with Gasteiger partial charge in [-0.25, -0.2) is 0 Å². The molecule has 1 fully saturated rings. The van der Waals surface area contributed by atoms with Gasteiger partial charge in [-0.1, -0.05) is 19.9 Å². The fourth-order valence-electron chi connectivity index (χ4n) is 1.61. The highest BCUT2D eigenvalue weighted by molar-refractivity contribution is 5.90.